The maximum Gasteiger partial charge on any atom is 0.416 e. The maximum atomic E-state index is 13.3. The minimum atomic E-state index is -4.52. The second kappa shape index (κ2) is 10.9. The third kappa shape index (κ3) is 6.86. The number of likely N-dealkylation sites (N-methyl/N-ethyl adjacent to an activating group) is 1. The van der Waals surface area contributed by atoms with E-state index in [2.05, 4.69) is 15.4 Å². The molecule has 1 N–H and O–H groups in total. The van der Waals surface area contributed by atoms with Crippen LogP contribution in [0.3, 0.4) is 0 Å². The smallest absolute Gasteiger partial charge is 0.416 e. The molecule has 1 aliphatic heterocycles. The number of piperidine rings is 1. The van der Waals surface area contributed by atoms with Crippen molar-refractivity contribution in [3.8, 4) is 0 Å². The van der Waals surface area contributed by atoms with Crippen LogP contribution in [0.15, 0.2) is 24.3 Å². The van der Waals surface area contributed by atoms with E-state index in [0.29, 0.717) is 42.9 Å². The van der Waals surface area contributed by atoms with Crippen LogP contribution in [-0.2, 0) is 17.5 Å². The largest absolute Gasteiger partial charge is 0.465 e. The zero-order valence-corrected chi connectivity index (χ0v) is 21.7. The van der Waals surface area contributed by atoms with Gasteiger partial charge in [-0.05, 0) is 66.7 Å². The van der Waals surface area contributed by atoms with Gasteiger partial charge in [0.25, 0.3) is 0 Å². The number of amides is 2. The molecule has 3 rings (SSSR count). The summed E-state index contributed by atoms with van der Waals surface area (Å²) in [7, 11) is 0. The Balaban J connectivity index is 1.84. The second-order valence-corrected chi connectivity index (χ2v) is 10.3. The lowest BCUT2D eigenvalue weighted by molar-refractivity contribution is -0.137. The molecular formula is C25H33F3N6O3. The van der Waals surface area contributed by atoms with Crippen LogP contribution in [0.2, 0.25) is 0 Å². The van der Waals surface area contributed by atoms with Crippen LogP contribution >= 0.6 is 0 Å². The van der Waals surface area contributed by atoms with Crippen molar-refractivity contribution in [2.24, 2.45) is 5.41 Å². The molecule has 1 saturated heterocycles. The summed E-state index contributed by atoms with van der Waals surface area (Å²) in [6, 6.07) is 2.91. The van der Waals surface area contributed by atoms with Gasteiger partial charge in [-0.25, -0.2) is 4.79 Å². The van der Waals surface area contributed by atoms with Crippen LogP contribution < -0.4 is 0 Å². The van der Waals surface area contributed by atoms with Crippen molar-refractivity contribution in [2.45, 2.75) is 72.3 Å². The van der Waals surface area contributed by atoms with Crippen molar-refractivity contribution in [3.63, 3.8) is 0 Å². The number of likely N-dealkylation sites (tertiary alicyclic amines) is 1. The molecule has 0 aliphatic carbocycles. The number of aryl methyl sites for hydroxylation is 1. The number of nitrogens with zero attached hydrogens (tertiary/aromatic N) is 6. The predicted octanol–water partition coefficient (Wildman–Crippen LogP) is 4.47. The highest BCUT2D eigenvalue weighted by molar-refractivity contribution is 5.92. The van der Waals surface area contributed by atoms with Crippen LogP contribution in [0.1, 0.15) is 63.1 Å². The number of aromatic nitrogens is 4. The average molecular weight is 523 g/mol. The molecule has 2 amide bonds. The molecule has 2 heterocycles. The zero-order chi connectivity index (χ0) is 27.5. The van der Waals surface area contributed by atoms with Gasteiger partial charge < -0.3 is 14.9 Å². The van der Waals surface area contributed by atoms with E-state index in [1.807, 2.05) is 27.7 Å². The highest BCUT2D eigenvalue weighted by Gasteiger charge is 2.40. The topological polar surface area (TPSA) is 104 Å². The molecule has 37 heavy (non-hydrogen) atoms. The van der Waals surface area contributed by atoms with Gasteiger partial charge in [-0.15, -0.1) is 10.2 Å². The van der Waals surface area contributed by atoms with Gasteiger partial charge in [0.05, 0.1) is 12.1 Å². The molecule has 0 bridgehead atoms. The highest BCUT2D eigenvalue weighted by atomic mass is 19.4. The molecule has 2 aromatic rings. The van der Waals surface area contributed by atoms with E-state index < -0.39 is 17.8 Å². The number of hydrogen-bond acceptors (Lipinski definition) is 5. The van der Waals surface area contributed by atoms with Crippen LogP contribution in [0.5, 0.6) is 0 Å². The lowest BCUT2D eigenvalue weighted by Crippen LogP contribution is -2.56. The van der Waals surface area contributed by atoms with Crippen molar-refractivity contribution >= 4 is 18.1 Å². The Morgan fingerprint density at radius 2 is 1.95 bits per heavy atom. The summed E-state index contributed by atoms with van der Waals surface area (Å²) in [5.41, 5.74) is -0.392. The first-order valence-corrected chi connectivity index (χ1v) is 12.1. The van der Waals surface area contributed by atoms with Gasteiger partial charge in [0.15, 0.2) is 5.82 Å². The molecule has 1 fully saturated rings. The van der Waals surface area contributed by atoms with Crippen molar-refractivity contribution in [1.82, 2.24) is 30.0 Å². The van der Waals surface area contributed by atoms with Crippen LogP contribution in [-0.4, -0.2) is 72.3 Å². The first kappa shape index (κ1) is 28.1. The average Bonchev–Trinajstić information content (AvgIpc) is 3.21. The Morgan fingerprint density at radius 1 is 1.24 bits per heavy atom. The fourth-order valence-corrected chi connectivity index (χ4v) is 4.75. The number of carbonyl (C=O) groups is 2. The number of carbonyl (C=O) groups excluding carboxylic acids is 1. The highest BCUT2D eigenvalue weighted by Crippen LogP contribution is 2.34. The van der Waals surface area contributed by atoms with Crippen LogP contribution in [0, 0.1) is 12.3 Å². The normalized spacial score (nSPS) is 18.9. The molecule has 2 atom stereocenters. The molecule has 9 nitrogen and oxygen atoms in total. The van der Waals surface area contributed by atoms with Gasteiger partial charge in [0, 0.05) is 31.2 Å². The summed E-state index contributed by atoms with van der Waals surface area (Å²) in [4.78, 5) is 29.3. The van der Waals surface area contributed by atoms with Crippen molar-refractivity contribution in [3.05, 3.63) is 46.8 Å². The molecule has 0 saturated carbocycles. The molecule has 1 aromatic heterocycles. The Hall–Kier alpha value is -3.44. The molecule has 0 spiro atoms. The predicted molar refractivity (Wildman–Crippen MR) is 131 cm³/mol. The summed E-state index contributed by atoms with van der Waals surface area (Å²) in [5, 5.41) is 21.3. The summed E-state index contributed by atoms with van der Waals surface area (Å²) in [5.74, 6) is 0.102. The summed E-state index contributed by atoms with van der Waals surface area (Å²) >= 11 is 0. The van der Waals surface area contributed by atoms with E-state index in [1.54, 1.807) is 11.8 Å². The Labute approximate surface area is 213 Å². The second-order valence-electron chi connectivity index (χ2n) is 10.3. The monoisotopic (exact) mass is 522 g/mol. The van der Waals surface area contributed by atoms with E-state index in [1.165, 1.54) is 27.9 Å². The van der Waals surface area contributed by atoms with E-state index >= 15 is 0 Å². The first-order valence-electron chi connectivity index (χ1n) is 12.1. The zero-order valence-electron chi connectivity index (χ0n) is 21.7. The molecule has 1 aromatic carbocycles. The summed E-state index contributed by atoms with van der Waals surface area (Å²) < 4.78 is 40.0. The van der Waals surface area contributed by atoms with Crippen molar-refractivity contribution in [2.75, 3.05) is 13.1 Å². The molecule has 2 unspecified atom stereocenters. The van der Waals surface area contributed by atoms with Crippen molar-refractivity contribution < 1.29 is 27.9 Å². The van der Waals surface area contributed by atoms with E-state index in [-0.39, 0.29) is 30.0 Å². The first-order chi connectivity index (χ1) is 17.2. The number of hydrogen-bond donors (Lipinski definition) is 1. The van der Waals surface area contributed by atoms with Gasteiger partial charge in [-0.2, -0.15) is 18.0 Å². The standard InChI is InChI=1S/C25H33F3N6O3/c1-6-32(20-11-12-33(23(36)37)21(14-20)24(3,4)5)22(35)10-8-17-7-9-19(25(26,27)28)13-18(17)15-34-30-16(2)29-31-34/h7-10,13,20-21H,6,11-12,14-15H2,1-5H3,(H,36,37). The van der Waals surface area contributed by atoms with E-state index in [9.17, 15) is 27.9 Å². The third-order valence-electron chi connectivity index (χ3n) is 6.63. The fraction of sp³-hybridized carbons (Fsp3) is 0.560. The van der Waals surface area contributed by atoms with Gasteiger partial charge >= 0.3 is 12.3 Å². The number of carboxylic acid groups (broad SMARTS) is 1. The summed E-state index contributed by atoms with van der Waals surface area (Å²) in [6.07, 6.45) is -1.63. The Bertz CT molecular complexity index is 1160. The Morgan fingerprint density at radius 3 is 2.49 bits per heavy atom. The van der Waals surface area contributed by atoms with Gasteiger partial charge in [-0.1, -0.05) is 26.8 Å². The Kier molecular flexibility index (Phi) is 8.28. The van der Waals surface area contributed by atoms with Crippen LogP contribution in [0.4, 0.5) is 18.0 Å². The van der Waals surface area contributed by atoms with Crippen molar-refractivity contribution in [1.29, 1.82) is 0 Å². The molecule has 12 heteroatoms. The van der Waals surface area contributed by atoms with E-state index in [0.717, 1.165) is 12.1 Å². The molecule has 202 valence electrons. The molecule has 1 aliphatic rings. The number of rotatable bonds is 6. The van der Waals surface area contributed by atoms with Crippen LogP contribution in [0.25, 0.3) is 6.08 Å². The fourth-order valence-electron chi connectivity index (χ4n) is 4.75. The number of benzene rings is 1. The quantitative estimate of drug-likeness (QED) is 0.562. The lowest BCUT2D eigenvalue weighted by atomic mass is 9.79. The van der Waals surface area contributed by atoms with Gasteiger partial charge in [-0.3, -0.25) is 4.79 Å². The lowest BCUT2D eigenvalue weighted by Gasteiger charge is -2.47. The molecule has 0 radical (unpaired) electrons. The number of tetrazole rings is 1. The van der Waals surface area contributed by atoms with Gasteiger partial charge in [0.2, 0.25) is 5.91 Å². The SMILES string of the molecule is CCN(C(=O)C=Cc1ccc(C(F)(F)F)cc1Cn1nnc(C)n1)C1CCN(C(=O)O)C(C(C)(C)C)C1. The van der Waals surface area contributed by atoms with E-state index in [4.69, 9.17) is 0 Å². The third-order valence-corrected chi connectivity index (χ3v) is 6.63. The van der Waals surface area contributed by atoms with Gasteiger partial charge in [0.1, 0.15) is 0 Å². The minimum absolute atomic E-state index is 0.0446. The number of halogens is 3. The summed E-state index contributed by atoms with van der Waals surface area (Å²) in [6.45, 7) is 10.1. The molecular weight excluding hydrogens is 489 g/mol. The number of alkyl halides is 3. The maximum absolute atomic E-state index is 13.3. The minimum Gasteiger partial charge on any atom is -0.465 e.